The van der Waals surface area contributed by atoms with Crippen LogP contribution in [0.25, 0.3) is 16.9 Å². The summed E-state index contributed by atoms with van der Waals surface area (Å²) in [5.74, 6) is -0.854. The molecule has 0 aliphatic carbocycles. The monoisotopic (exact) mass is 527 g/mol. The number of morpholine rings is 1. The third kappa shape index (κ3) is 4.96. The van der Waals surface area contributed by atoms with Gasteiger partial charge in [0.05, 0.1) is 36.0 Å². The Morgan fingerprint density at radius 3 is 2.45 bits per heavy atom. The first-order valence-electron chi connectivity index (χ1n) is 11.9. The minimum Gasteiger partial charge on any atom is -0.378 e. The van der Waals surface area contributed by atoms with Crippen LogP contribution in [-0.4, -0.2) is 67.4 Å². The molecule has 0 spiro atoms. The second kappa shape index (κ2) is 9.89. The van der Waals surface area contributed by atoms with Crippen molar-refractivity contribution in [1.29, 1.82) is 0 Å². The summed E-state index contributed by atoms with van der Waals surface area (Å²) in [5, 5.41) is 11.0. The zero-order valence-corrected chi connectivity index (χ0v) is 20.6. The van der Waals surface area contributed by atoms with Gasteiger partial charge < -0.3 is 15.0 Å². The highest BCUT2D eigenvalue weighted by molar-refractivity contribution is 6.04. The van der Waals surface area contributed by atoms with E-state index < -0.39 is 17.8 Å². The standard InChI is InChI=1S/C25H24F3N7O3/c1-15-23(16(2)34(31-15)14-22(36)33-8-10-38-11-9-33)30-24(37)19-13-21-29-18(17-6-4-3-5-7-17)12-20(25(26,27)28)35(21)32-19/h3-7,12-13H,8-11,14H2,1-2H3,(H,30,37). The number of benzene rings is 1. The molecule has 0 saturated carbocycles. The number of hydrogen-bond acceptors (Lipinski definition) is 6. The molecule has 198 valence electrons. The number of hydrogen-bond donors (Lipinski definition) is 1. The first-order chi connectivity index (χ1) is 18.1. The summed E-state index contributed by atoms with van der Waals surface area (Å²) in [6, 6.07) is 10.5. The molecule has 4 heterocycles. The van der Waals surface area contributed by atoms with Crippen molar-refractivity contribution in [2.75, 3.05) is 31.6 Å². The smallest absolute Gasteiger partial charge is 0.378 e. The van der Waals surface area contributed by atoms with Crippen molar-refractivity contribution in [3.05, 3.63) is 65.2 Å². The lowest BCUT2D eigenvalue weighted by molar-refractivity contribution is -0.142. The highest BCUT2D eigenvalue weighted by Gasteiger charge is 2.36. The molecule has 1 aliphatic heterocycles. The van der Waals surface area contributed by atoms with Crippen LogP contribution in [0.5, 0.6) is 0 Å². The van der Waals surface area contributed by atoms with Crippen molar-refractivity contribution in [2.45, 2.75) is 26.6 Å². The lowest BCUT2D eigenvalue weighted by atomic mass is 10.1. The Labute approximate surface area is 215 Å². The third-order valence-electron chi connectivity index (χ3n) is 6.29. The number of carbonyl (C=O) groups excluding carboxylic acids is 2. The third-order valence-corrected chi connectivity index (χ3v) is 6.29. The van der Waals surface area contributed by atoms with Crippen LogP contribution in [0, 0.1) is 13.8 Å². The van der Waals surface area contributed by atoms with E-state index in [1.54, 1.807) is 49.1 Å². The topological polar surface area (TPSA) is 107 Å². The molecular weight excluding hydrogens is 503 g/mol. The summed E-state index contributed by atoms with van der Waals surface area (Å²) in [6.45, 7) is 5.28. The molecule has 1 aliphatic rings. The number of rotatable bonds is 5. The van der Waals surface area contributed by atoms with E-state index in [-0.39, 0.29) is 29.5 Å². The molecule has 13 heteroatoms. The number of amides is 2. The van der Waals surface area contributed by atoms with Gasteiger partial charge in [-0.05, 0) is 19.9 Å². The van der Waals surface area contributed by atoms with Crippen molar-refractivity contribution in [2.24, 2.45) is 0 Å². The Morgan fingerprint density at radius 2 is 1.76 bits per heavy atom. The zero-order valence-electron chi connectivity index (χ0n) is 20.6. The van der Waals surface area contributed by atoms with Gasteiger partial charge in [0.1, 0.15) is 6.54 Å². The summed E-state index contributed by atoms with van der Waals surface area (Å²) in [6.07, 6.45) is -4.73. The Balaban J connectivity index is 1.42. The van der Waals surface area contributed by atoms with Crippen LogP contribution in [0.1, 0.15) is 27.6 Å². The van der Waals surface area contributed by atoms with Gasteiger partial charge in [0.15, 0.2) is 17.0 Å². The summed E-state index contributed by atoms with van der Waals surface area (Å²) in [4.78, 5) is 31.7. The van der Waals surface area contributed by atoms with Gasteiger partial charge in [0.25, 0.3) is 5.91 Å². The predicted molar refractivity (Wildman–Crippen MR) is 130 cm³/mol. The molecule has 1 N–H and O–H groups in total. The van der Waals surface area contributed by atoms with Crippen molar-refractivity contribution < 1.29 is 27.5 Å². The van der Waals surface area contributed by atoms with Crippen LogP contribution in [0.15, 0.2) is 42.5 Å². The average Bonchev–Trinajstić information content (AvgIpc) is 3.45. The average molecular weight is 528 g/mol. The van der Waals surface area contributed by atoms with Crippen molar-refractivity contribution in [1.82, 2.24) is 29.3 Å². The fourth-order valence-electron chi connectivity index (χ4n) is 4.29. The number of halogens is 3. The molecule has 1 saturated heterocycles. The van der Waals surface area contributed by atoms with Gasteiger partial charge in [-0.3, -0.25) is 14.3 Å². The quantitative estimate of drug-likeness (QED) is 0.427. The highest BCUT2D eigenvalue weighted by atomic mass is 19.4. The van der Waals surface area contributed by atoms with E-state index in [2.05, 4.69) is 20.5 Å². The molecule has 0 bridgehead atoms. The van der Waals surface area contributed by atoms with Gasteiger partial charge in [-0.2, -0.15) is 23.4 Å². The maximum absolute atomic E-state index is 13.9. The van der Waals surface area contributed by atoms with Gasteiger partial charge >= 0.3 is 6.18 Å². The molecule has 0 atom stereocenters. The predicted octanol–water partition coefficient (Wildman–Crippen LogP) is 3.34. The SMILES string of the molecule is Cc1nn(CC(=O)N2CCOCC2)c(C)c1NC(=O)c1cc2nc(-c3ccccc3)cc(C(F)(F)F)n2n1. The molecule has 0 unspecified atom stereocenters. The number of alkyl halides is 3. The summed E-state index contributed by atoms with van der Waals surface area (Å²) in [7, 11) is 0. The lowest BCUT2D eigenvalue weighted by Crippen LogP contribution is -2.42. The Hall–Kier alpha value is -4.26. The van der Waals surface area contributed by atoms with Gasteiger partial charge in [-0.15, -0.1) is 0 Å². The van der Waals surface area contributed by atoms with Crippen molar-refractivity contribution in [3.8, 4) is 11.3 Å². The van der Waals surface area contributed by atoms with E-state index in [9.17, 15) is 22.8 Å². The fourth-order valence-corrected chi connectivity index (χ4v) is 4.29. The van der Waals surface area contributed by atoms with Crippen LogP contribution < -0.4 is 5.32 Å². The molecule has 10 nitrogen and oxygen atoms in total. The molecule has 2 amide bonds. The summed E-state index contributed by atoms with van der Waals surface area (Å²) < 4.78 is 49.0. The number of nitrogens with zero attached hydrogens (tertiary/aromatic N) is 6. The van der Waals surface area contributed by atoms with E-state index in [1.165, 1.54) is 10.7 Å². The number of aromatic nitrogens is 5. The first-order valence-corrected chi connectivity index (χ1v) is 11.9. The minimum absolute atomic E-state index is 0.0158. The largest absolute Gasteiger partial charge is 0.433 e. The Bertz CT molecular complexity index is 1510. The second-order valence-corrected chi connectivity index (χ2v) is 8.84. The normalized spacial score (nSPS) is 14.2. The lowest BCUT2D eigenvalue weighted by Gasteiger charge is -2.26. The molecule has 3 aromatic heterocycles. The second-order valence-electron chi connectivity index (χ2n) is 8.84. The molecule has 1 aromatic carbocycles. The van der Waals surface area contributed by atoms with E-state index in [4.69, 9.17) is 4.74 Å². The van der Waals surface area contributed by atoms with Gasteiger partial charge in [-0.25, -0.2) is 9.50 Å². The van der Waals surface area contributed by atoms with Crippen LogP contribution >= 0.6 is 0 Å². The highest BCUT2D eigenvalue weighted by Crippen LogP contribution is 2.32. The number of aryl methyl sites for hydroxylation is 1. The van der Waals surface area contributed by atoms with Crippen LogP contribution in [0.2, 0.25) is 0 Å². The van der Waals surface area contributed by atoms with Gasteiger partial charge in [0, 0.05) is 24.7 Å². The first kappa shape index (κ1) is 25.4. The van der Waals surface area contributed by atoms with Gasteiger partial charge in [-0.1, -0.05) is 30.3 Å². The molecule has 0 radical (unpaired) electrons. The zero-order chi connectivity index (χ0) is 27.0. The number of ether oxygens (including phenoxy) is 1. The van der Waals surface area contributed by atoms with Crippen LogP contribution in [-0.2, 0) is 22.3 Å². The summed E-state index contributed by atoms with van der Waals surface area (Å²) >= 11 is 0. The Morgan fingerprint density at radius 1 is 1.05 bits per heavy atom. The summed E-state index contributed by atoms with van der Waals surface area (Å²) in [5.41, 5.74) is 0.524. The van der Waals surface area contributed by atoms with Crippen molar-refractivity contribution >= 4 is 23.1 Å². The van der Waals surface area contributed by atoms with E-state index in [1.807, 2.05) is 0 Å². The maximum Gasteiger partial charge on any atom is 0.433 e. The van der Waals surface area contributed by atoms with E-state index >= 15 is 0 Å². The van der Waals surface area contributed by atoms with Crippen molar-refractivity contribution in [3.63, 3.8) is 0 Å². The minimum atomic E-state index is -4.73. The van der Waals surface area contributed by atoms with Crippen LogP contribution in [0.3, 0.4) is 0 Å². The molecule has 1 fully saturated rings. The fraction of sp³-hybridized carbons (Fsp3) is 0.320. The van der Waals surface area contributed by atoms with Gasteiger partial charge in [0.2, 0.25) is 5.91 Å². The Kier molecular flexibility index (Phi) is 6.61. The number of nitrogens with one attached hydrogen (secondary N) is 1. The van der Waals surface area contributed by atoms with Crippen LogP contribution in [0.4, 0.5) is 18.9 Å². The maximum atomic E-state index is 13.9. The van der Waals surface area contributed by atoms with E-state index in [0.717, 1.165) is 6.07 Å². The van der Waals surface area contributed by atoms with E-state index in [0.29, 0.717) is 53.5 Å². The molecule has 4 aromatic rings. The molecule has 5 rings (SSSR count). The molecule has 38 heavy (non-hydrogen) atoms. The number of anilines is 1. The number of fused-ring (bicyclic) bond motifs is 1. The molecular formula is C25H24F3N7O3. The number of carbonyl (C=O) groups is 2.